The summed E-state index contributed by atoms with van der Waals surface area (Å²) < 4.78 is 0. The second-order valence-electron chi connectivity index (χ2n) is 9.09. The lowest BCUT2D eigenvalue weighted by Gasteiger charge is -2.59. The average molecular weight is 357 g/mol. The van der Waals surface area contributed by atoms with Crippen LogP contribution in [0.25, 0.3) is 0 Å². The van der Waals surface area contributed by atoms with Crippen LogP contribution in [0.2, 0.25) is 0 Å². The van der Waals surface area contributed by atoms with E-state index >= 15 is 0 Å². The van der Waals surface area contributed by atoms with Gasteiger partial charge in [-0.1, -0.05) is 25.5 Å². The van der Waals surface area contributed by atoms with E-state index in [1.54, 1.807) is 0 Å². The van der Waals surface area contributed by atoms with Crippen molar-refractivity contribution < 1.29 is 0 Å². The van der Waals surface area contributed by atoms with Gasteiger partial charge in [0.05, 0.1) is 0 Å². The van der Waals surface area contributed by atoms with Crippen LogP contribution in [0.5, 0.6) is 0 Å². The van der Waals surface area contributed by atoms with E-state index in [-0.39, 0.29) is 0 Å². The normalized spacial score (nSPS) is 33.9. The van der Waals surface area contributed by atoms with Gasteiger partial charge in [0.2, 0.25) is 0 Å². The van der Waals surface area contributed by atoms with Gasteiger partial charge >= 0.3 is 0 Å². The molecule has 136 valence electrons. The predicted octanol–water partition coefficient (Wildman–Crippen LogP) is 5.67. The Bertz CT molecular complexity index is 603. The molecule has 0 radical (unpaired) electrons. The van der Waals surface area contributed by atoms with Crippen LogP contribution in [0.1, 0.15) is 63.9 Å². The summed E-state index contributed by atoms with van der Waals surface area (Å²) in [6.45, 7) is 4.43. The van der Waals surface area contributed by atoms with Gasteiger partial charge in [-0.2, -0.15) is 0 Å². The van der Waals surface area contributed by atoms with E-state index in [0.717, 1.165) is 28.6 Å². The molecule has 0 heterocycles. The summed E-state index contributed by atoms with van der Waals surface area (Å²) in [5, 5.41) is 7.99. The average Bonchev–Trinajstić information content (AvgIpc) is 2.53. The van der Waals surface area contributed by atoms with Crippen molar-refractivity contribution in [3.63, 3.8) is 0 Å². The number of thiocarbonyl (C=S) groups is 1. The molecule has 0 aliphatic heterocycles. The van der Waals surface area contributed by atoms with Gasteiger partial charge in [0.1, 0.15) is 0 Å². The Morgan fingerprint density at radius 2 is 1.80 bits per heavy atom. The maximum Gasteiger partial charge on any atom is 0.171 e. The largest absolute Gasteiger partial charge is 0.359 e. The second-order valence-corrected chi connectivity index (χ2v) is 9.50. The van der Waals surface area contributed by atoms with Gasteiger partial charge in [0, 0.05) is 11.7 Å². The fraction of sp³-hybridized carbons (Fsp3) is 0.682. The van der Waals surface area contributed by atoms with E-state index in [1.165, 1.54) is 56.9 Å². The van der Waals surface area contributed by atoms with Crippen molar-refractivity contribution in [1.82, 2.24) is 5.32 Å². The molecule has 1 unspecified atom stereocenters. The van der Waals surface area contributed by atoms with Crippen molar-refractivity contribution >= 4 is 23.0 Å². The summed E-state index contributed by atoms with van der Waals surface area (Å²) in [7, 11) is 0. The van der Waals surface area contributed by atoms with Crippen molar-refractivity contribution in [2.24, 2.45) is 23.2 Å². The summed E-state index contributed by atoms with van der Waals surface area (Å²) in [4.78, 5) is 0. The highest BCUT2D eigenvalue weighted by molar-refractivity contribution is 7.80. The fourth-order valence-corrected chi connectivity index (χ4v) is 6.73. The Labute approximate surface area is 158 Å². The van der Waals surface area contributed by atoms with Crippen LogP contribution in [-0.4, -0.2) is 11.2 Å². The second kappa shape index (κ2) is 6.90. The zero-order valence-corrected chi connectivity index (χ0v) is 16.5. The van der Waals surface area contributed by atoms with E-state index in [9.17, 15) is 0 Å². The zero-order chi connectivity index (χ0) is 17.4. The highest BCUT2D eigenvalue weighted by atomic mass is 32.1. The van der Waals surface area contributed by atoms with Gasteiger partial charge in [-0.05, 0) is 105 Å². The minimum atomic E-state index is 0.503. The Hall–Kier alpha value is -1.09. The van der Waals surface area contributed by atoms with Crippen LogP contribution in [0.15, 0.2) is 24.3 Å². The lowest BCUT2D eigenvalue weighted by molar-refractivity contribution is -0.0718. The molecule has 1 aromatic rings. The molecule has 0 spiro atoms. The van der Waals surface area contributed by atoms with Crippen LogP contribution in [0.3, 0.4) is 0 Å². The van der Waals surface area contributed by atoms with Crippen molar-refractivity contribution in [2.45, 2.75) is 71.3 Å². The van der Waals surface area contributed by atoms with Crippen molar-refractivity contribution in [3.8, 4) is 0 Å². The smallest absolute Gasteiger partial charge is 0.171 e. The molecule has 4 aliphatic rings. The maximum atomic E-state index is 5.70. The van der Waals surface area contributed by atoms with Gasteiger partial charge in [-0.25, -0.2) is 0 Å². The third-order valence-corrected chi connectivity index (χ3v) is 7.20. The van der Waals surface area contributed by atoms with Gasteiger partial charge < -0.3 is 10.6 Å². The third-order valence-electron chi connectivity index (χ3n) is 6.98. The van der Waals surface area contributed by atoms with Crippen LogP contribution >= 0.6 is 12.2 Å². The lowest BCUT2D eigenvalue weighted by atomic mass is 9.47. The Morgan fingerprint density at radius 1 is 1.16 bits per heavy atom. The Kier molecular flexibility index (Phi) is 4.79. The SMILES string of the molecule is CCCC(NC(=S)Nc1cccc(C)c1)C12CC3CC(CC(C3)C1)C2. The molecule has 2 nitrogen and oxygen atoms in total. The monoisotopic (exact) mass is 356 g/mol. The number of anilines is 1. The Morgan fingerprint density at radius 3 is 2.36 bits per heavy atom. The highest BCUT2D eigenvalue weighted by Gasteiger charge is 2.54. The van der Waals surface area contributed by atoms with E-state index < -0.39 is 0 Å². The van der Waals surface area contributed by atoms with Gasteiger partial charge in [0.25, 0.3) is 0 Å². The molecule has 4 bridgehead atoms. The van der Waals surface area contributed by atoms with Gasteiger partial charge in [-0.3, -0.25) is 0 Å². The van der Waals surface area contributed by atoms with E-state index in [1.807, 2.05) is 0 Å². The molecule has 4 fully saturated rings. The standard InChI is InChI=1S/C22H32N2S/c1-3-5-20(24-21(25)23-19-7-4-6-15(2)8-19)22-12-16-9-17(13-22)11-18(10-16)14-22/h4,6-8,16-18,20H,3,5,9-14H2,1-2H3,(H2,23,24,25). The van der Waals surface area contributed by atoms with Crippen LogP contribution in [-0.2, 0) is 0 Å². The van der Waals surface area contributed by atoms with E-state index in [2.05, 4.69) is 48.7 Å². The molecule has 1 atom stereocenters. The molecule has 2 N–H and O–H groups in total. The maximum absolute atomic E-state index is 5.70. The summed E-state index contributed by atoms with van der Waals surface area (Å²) in [5.74, 6) is 2.97. The molecule has 0 saturated heterocycles. The van der Waals surface area contributed by atoms with Crippen LogP contribution in [0.4, 0.5) is 5.69 Å². The highest BCUT2D eigenvalue weighted by Crippen LogP contribution is 2.61. The molecule has 25 heavy (non-hydrogen) atoms. The zero-order valence-electron chi connectivity index (χ0n) is 15.7. The molecule has 4 aliphatic carbocycles. The number of hydrogen-bond acceptors (Lipinski definition) is 1. The number of nitrogens with one attached hydrogen (secondary N) is 2. The quantitative estimate of drug-likeness (QED) is 0.665. The first-order valence-electron chi connectivity index (χ1n) is 10.2. The number of aryl methyl sites for hydroxylation is 1. The molecule has 1 aromatic carbocycles. The molecular weight excluding hydrogens is 324 g/mol. The summed E-state index contributed by atoms with van der Waals surface area (Å²) in [6.07, 6.45) is 11.3. The molecule has 5 rings (SSSR count). The summed E-state index contributed by atoms with van der Waals surface area (Å²) >= 11 is 5.70. The molecule has 0 aromatic heterocycles. The topological polar surface area (TPSA) is 24.1 Å². The number of benzene rings is 1. The first kappa shape index (κ1) is 17.3. The molecule has 0 amide bonds. The third kappa shape index (κ3) is 3.58. The minimum Gasteiger partial charge on any atom is -0.359 e. The van der Waals surface area contributed by atoms with Gasteiger partial charge in [-0.15, -0.1) is 0 Å². The van der Waals surface area contributed by atoms with Crippen molar-refractivity contribution in [2.75, 3.05) is 5.32 Å². The van der Waals surface area contributed by atoms with Crippen LogP contribution in [0, 0.1) is 30.1 Å². The summed E-state index contributed by atoms with van der Waals surface area (Å²) in [6, 6.07) is 9.00. The van der Waals surface area contributed by atoms with Crippen molar-refractivity contribution in [1.29, 1.82) is 0 Å². The molecule has 4 saturated carbocycles. The number of rotatable bonds is 5. The predicted molar refractivity (Wildman–Crippen MR) is 110 cm³/mol. The molecule has 3 heteroatoms. The summed E-state index contributed by atoms with van der Waals surface area (Å²) in [5.41, 5.74) is 2.86. The Balaban J connectivity index is 1.47. The van der Waals surface area contributed by atoms with Crippen LogP contribution < -0.4 is 10.6 Å². The first-order valence-corrected chi connectivity index (χ1v) is 10.6. The molecular formula is C22H32N2S. The minimum absolute atomic E-state index is 0.503. The fourth-order valence-electron chi connectivity index (χ4n) is 6.47. The lowest BCUT2D eigenvalue weighted by Crippen LogP contribution is -2.57. The van der Waals surface area contributed by atoms with E-state index in [4.69, 9.17) is 12.2 Å². The van der Waals surface area contributed by atoms with Gasteiger partial charge in [0.15, 0.2) is 5.11 Å². The number of hydrogen-bond donors (Lipinski definition) is 2. The first-order chi connectivity index (χ1) is 12.1. The van der Waals surface area contributed by atoms with E-state index in [0.29, 0.717) is 11.5 Å². The van der Waals surface area contributed by atoms with Crippen molar-refractivity contribution in [3.05, 3.63) is 29.8 Å².